The summed E-state index contributed by atoms with van der Waals surface area (Å²) in [5.74, 6) is 8.92. The molecule has 0 heterocycles. The Morgan fingerprint density at radius 1 is 0.943 bits per heavy atom. The third kappa shape index (κ3) is 4.14. The van der Waals surface area contributed by atoms with Crippen molar-refractivity contribution in [2.45, 2.75) is 90.3 Å². The summed E-state index contributed by atoms with van der Waals surface area (Å²) in [5, 5.41) is 11.4. The summed E-state index contributed by atoms with van der Waals surface area (Å²) < 4.78 is 38.5. The van der Waals surface area contributed by atoms with E-state index in [4.69, 9.17) is 0 Å². The number of ketones is 1. The monoisotopic (exact) mass is 486 g/mol. The van der Waals surface area contributed by atoms with Gasteiger partial charge in [0, 0.05) is 11.5 Å². The Balaban J connectivity index is 1.31. The van der Waals surface area contributed by atoms with Crippen LogP contribution in [0.4, 0.5) is 13.2 Å². The van der Waals surface area contributed by atoms with E-state index < -0.39 is 17.3 Å². The second-order valence-electron chi connectivity index (χ2n) is 12.5. The molecule has 0 radical (unpaired) electrons. The Bertz CT molecular complexity index is 1050. The minimum atomic E-state index is -4.36. The van der Waals surface area contributed by atoms with Crippen molar-refractivity contribution in [3.63, 3.8) is 0 Å². The molecular formula is C30H37F3O2. The molecule has 0 aromatic heterocycles. The molecule has 0 aliphatic heterocycles. The second kappa shape index (κ2) is 8.37. The number of hydrogen-bond donors (Lipinski definition) is 1. The first-order chi connectivity index (χ1) is 16.4. The van der Waals surface area contributed by atoms with E-state index in [-0.39, 0.29) is 16.7 Å². The summed E-state index contributed by atoms with van der Waals surface area (Å²) in [6.07, 6.45) is 4.57. The predicted molar refractivity (Wildman–Crippen MR) is 129 cm³/mol. The average molecular weight is 487 g/mol. The number of alkyl halides is 3. The molecule has 5 rings (SSSR count). The van der Waals surface area contributed by atoms with Crippen LogP contribution in [0.3, 0.4) is 0 Å². The van der Waals surface area contributed by atoms with Crippen molar-refractivity contribution < 1.29 is 23.1 Å². The van der Waals surface area contributed by atoms with Crippen molar-refractivity contribution >= 4 is 5.78 Å². The predicted octanol–water partition coefficient (Wildman–Crippen LogP) is 7.04. The molecule has 0 amide bonds. The van der Waals surface area contributed by atoms with Crippen LogP contribution in [0.15, 0.2) is 24.3 Å². The number of hydrogen-bond acceptors (Lipinski definition) is 2. The van der Waals surface area contributed by atoms with E-state index >= 15 is 0 Å². The van der Waals surface area contributed by atoms with Crippen molar-refractivity contribution in [3.05, 3.63) is 35.4 Å². The molecule has 5 heteroatoms. The summed E-state index contributed by atoms with van der Waals surface area (Å²) in [4.78, 5) is 12.4. The highest BCUT2D eigenvalue weighted by molar-refractivity contribution is 5.79. The number of fused-ring (bicyclic) bond motifs is 5. The molecule has 0 spiro atoms. The van der Waals surface area contributed by atoms with Crippen LogP contribution >= 0.6 is 0 Å². The lowest BCUT2D eigenvalue weighted by Gasteiger charge is -2.61. The van der Waals surface area contributed by atoms with Gasteiger partial charge in [0.25, 0.3) is 0 Å². The quantitative estimate of drug-likeness (QED) is 0.433. The third-order valence-corrected chi connectivity index (χ3v) is 10.9. The molecule has 1 N–H and O–H groups in total. The Kier molecular flexibility index (Phi) is 5.95. The van der Waals surface area contributed by atoms with Gasteiger partial charge in [-0.05, 0) is 123 Å². The molecule has 8 atom stereocenters. The lowest BCUT2D eigenvalue weighted by Crippen LogP contribution is -2.56. The smallest absolute Gasteiger partial charge is 0.378 e. The van der Waals surface area contributed by atoms with E-state index in [0.717, 1.165) is 44.2 Å². The largest absolute Gasteiger partial charge is 0.416 e. The zero-order valence-corrected chi connectivity index (χ0v) is 21.0. The molecule has 2 nitrogen and oxygen atoms in total. The highest BCUT2D eigenvalue weighted by Gasteiger charge is 2.61. The Morgan fingerprint density at radius 2 is 1.63 bits per heavy atom. The van der Waals surface area contributed by atoms with Gasteiger partial charge in [-0.15, -0.1) is 0 Å². The standard InChI is InChI=1S/C30H37F3O2/c1-19(34)24-10-11-25-23-9-8-22-18-29(35,15-12-20-4-6-21(7-5-20)30(31,32)33)17-16-27(22,2)26(23)13-14-28(24,25)3/h4-7,22-26,35H,8-11,13-14,16-18H2,1-3H3/t22-,23+,24-,25+,26+,27+,28-,29-/m1/s1. The number of carbonyl (C=O) groups excluding carboxylic acids is 1. The number of carbonyl (C=O) groups is 1. The highest BCUT2D eigenvalue weighted by Crippen LogP contribution is 2.68. The molecule has 4 aliphatic carbocycles. The average Bonchev–Trinajstić information content (AvgIpc) is 3.16. The van der Waals surface area contributed by atoms with Gasteiger partial charge in [-0.3, -0.25) is 4.79 Å². The molecule has 4 fully saturated rings. The molecule has 4 aliphatic rings. The molecule has 1 aromatic carbocycles. The number of rotatable bonds is 1. The van der Waals surface area contributed by atoms with Crippen LogP contribution in [-0.4, -0.2) is 16.5 Å². The SMILES string of the molecule is CC(=O)[C@H]1CC[C@H]2[C@@H]3CC[C@@H]4C[C@@](O)(C#Cc5ccc(C(F)(F)F)cc5)CC[C@]4(C)[C@H]3CC[C@]12C. The van der Waals surface area contributed by atoms with E-state index in [1.807, 2.05) is 0 Å². The lowest BCUT2D eigenvalue weighted by atomic mass is 9.44. The van der Waals surface area contributed by atoms with Crippen molar-refractivity contribution in [1.82, 2.24) is 0 Å². The molecule has 0 saturated heterocycles. The van der Waals surface area contributed by atoms with Gasteiger partial charge < -0.3 is 5.11 Å². The normalized spacial score (nSPS) is 42.8. The second-order valence-corrected chi connectivity index (χ2v) is 12.5. The van der Waals surface area contributed by atoms with Crippen molar-refractivity contribution in [2.24, 2.45) is 40.4 Å². The molecule has 4 saturated carbocycles. The fraction of sp³-hybridized carbons (Fsp3) is 0.700. The summed E-state index contributed by atoms with van der Waals surface area (Å²) in [6, 6.07) is 4.85. The van der Waals surface area contributed by atoms with Crippen LogP contribution in [0.5, 0.6) is 0 Å². The maximum absolute atomic E-state index is 12.8. The minimum absolute atomic E-state index is 0.152. The molecule has 0 unspecified atom stereocenters. The summed E-state index contributed by atoms with van der Waals surface area (Å²) in [7, 11) is 0. The zero-order valence-electron chi connectivity index (χ0n) is 21.0. The van der Waals surface area contributed by atoms with Crippen LogP contribution in [0, 0.1) is 52.3 Å². The number of aliphatic hydroxyl groups is 1. The van der Waals surface area contributed by atoms with Gasteiger partial charge in [0.05, 0.1) is 5.56 Å². The summed E-state index contributed by atoms with van der Waals surface area (Å²) >= 11 is 0. The third-order valence-electron chi connectivity index (χ3n) is 10.9. The van der Waals surface area contributed by atoms with Crippen molar-refractivity contribution in [2.75, 3.05) is 0 Å². The Labute approximate surface area is 207 Å². The van der Waals surface area contributed by atoms with Gasteiger partial charge in [0.2, 0.25) is 0 Å². The summed E-state index contributed by atoms with van der Waals surface area (Å²) in [6.45, 7) is 6.57. The van der Waals surface area contributed by atoms with Gasteiger partial charge in [0.1, 0.15) is 11.4 Å². The van der Waals surface area contributed by atoms with Gasteiger partial charge in [-0.25, -0.2) is 0 Å². The lowest BCUT2D eigenvalue weighted by molar-refractivity contribution is -0.144. The fourth-order valence-corrected chi connectivity index (χ4v) is 8.96. The van der Waals surface area contributed by atoms with Crippen LogP contribution < -0.4 is 0 Å². The van der Waals surface area contributed by atoms with Crippen LogP contribution in [0.1, 0.15) is 89.7 Å². The first-order valence-electron chi connectivity index (χ1n) is 13.3. The number of benzene rings is 1. The summed E-state index contributed by atoms with van der Waals surface area (Å²) in [5.41, 5.74) is -0.945. The van der Waals surface area contributed by atoms with Crippen molar-refractivity contribution in [3.8, 4) is 11.8 Å². The Hall–Kier alpha value is -1.80. The van der Waals surface area contributed by atoms with E-state index in [1.54, 1.807) is 6.92 Å². The highest BCUT2D eigenvalue weighted by atomic mass is 19.4. The van der Waals surface area contributed by atoms with Gasteiger partial charge >= 0.3 is 6.18 Å². The Morgan fingerprint density at radius 3 is 2.29 bits per heavy atom. The molecule has 35 heavy (non-hydrogen) atoms. The molecule has 190 valence electrons. The van der Waals surface area contributed by atoms with Gasteiger partial charge in [-0.2, -0.15) is 13.2 Å². The number of Topliss-reactive ketones (excluding diaryl/α,β-unsaturated/α-hetero) is 1. The maximum atomic E-state index is 12.8. The first kappa shape index (κ1) is 24.9. The van der Waals surface area contributed by atoms with Crippen LogP contribution in [-0.2, 0) is 11.0 Å². The topological polar surface area (TPSA) is 37.3 Å². The zero-order chi connectivity index (χ0) is 25.2. The number of halogens is 3. The van der Waals surface area contributed by atoms with E-state index in [9.17, 15) is 23.1 Å². The van der Waals surface area contributed by atoms with E-state index in [0.29, 0.717) is 47.9 Å². The van der Waals surface area contributed by atoms with Crippen LogP contribution in [0.2, 0.25) is 0 Å². The molecule has 0 bridgehead atoms. The van der Waals surface area contributed by atoms with Crippen LogP contribution in [0.25, 0.3) is 0 Å². The van der Waals surface area contributed by atoms with Gasteiger partial charge in [-0.1, -0.05) is 25.7 Å². The van der Waals surface area contributed by atoms with E-state index in [1.165, 1.54) is 25.0 Å². The fourth-order valence-electron chi connectivity index (χ4n) is 8.96. The molecule has 1 aromatic rings. The van der Waals surface area contributed by atoms with E-state index in [2.05, 4.69) is 25.7 Å². The van der Waals surface area contributed by atoms with Crippen molar-refractivity contribution in [1.29, 1.82) is 0 Å². The maximum Gasteiger partial charge on any atom is 0.416 e. The minimum Gasteiger partial charge on any atom is -0.378 e. The van der Waals surface area contributed by atoms with Gasteiger partial charge in [0.15, 0.2) is 0 Å². The first-order valence-corrected chi connectivity index (χ1v) is 13.3. The molecular weight excluding hydrogens is 449 g/mol.